The van der Waals surface area contributed by atoms with Gasteiger partial charge in [-0.2, -0.15) is 0 Å². The molecule has 2 rings (SSSR count). The summed E-state index contributed by atoms with van der Waals surface area (Å²) in [5, 5.41) is 4.03. The number of alkyl halides is 1. The second-order valence-corrected chi connectivity index (χ2v) is 4.37. The van der Waals surface area contributed by atoms with Crippen molar-refractivity contribution < 1.29 is 0 Å². The van der Waals surface area contributed by atoms with Gasteiger partial charge in [-0.05, 0) is 31.7 Å². The van der Waals surface area contributed by atoms with E-state index in [0.717, 1.165) is 18.5 Å². The van der Waals surface area contributed by atoms with Crippen molar-refractivity contribution in [3.05, 3.63) is 0 Å². The normalized spacial score (nSPS) is 45.0. The fourth-order valence-corrected chi connectivity index (χ4v) is 2.88. The van der Waals surface area contributed by atoms with Gasteiger partial charge in [0.25, 0.3) is 0 Å². The largest absolute Gasteiger partial charge is 0.314 e. The molecule has 1 heterocycles. The van der Waals surface area contributed by atoms with Gasteiger partial charge in [-0.15, -0.1) is 11.6 Å². The van der Waals surface area contributed by atoms with Gasteiger partial charge in [0.15, 0.2) is 0 Å². The summed E-state index contributed by atoms with van der Waals surface area (Å²) >= 11 is 6.25. The Morgan fingerprint density at radius 3 is 2.73 bits per heavy atom. The second kappa shape index (κ2) is 3.32. The zero-order chi connectivity index (χ0) is 7.68. The van der Waals surface area contributed by atoms with Crippen LogP contribution in [0.4, 0.5) is 0 Å². The van der Waals surface area contributed by atoms with E-state index in [1.165, 1.54) is 32.1 Å². The van der Waals surface area contributed by atoms with Crippen molar-refractivity contribution in [1.29, 1.82) is 0 Å². The van der Waals surface area contributed by atoms with Gasteiger partial charge in [0, 0.05) is 11.4 Å². The first-order valence-corrected chi connectivity index (χ1v) is 5.19. The van der Waals surface area contributed by atoms with Gasteiger partial charge in [-0.1, -0.05) is 12.8 Å². The summed E-state index contributed by atoms with van der Waals surface area (Å²) in [6, 6.07) is 0.750. The molecule has 0 aromatic heterocycles. The Labute approximate surface area is 73.5 Å². The standard InChI is InChI=1S/C9H16ClN/c10-8-5-6-11-9-4-2-1-3-7(8)9/h7-9,11H,1-6H2/t7-,8-,9-/m0/s1. The first-order valence-electron chi connectivity index (χ1n) is 4.75. The highest BCUT2D eigenvalue weighted by Crippen LogP contribution is 2.33. The molecule has 1 saturated heterocycles. The van der Waals surface area contributed by atoms with Crippen LogP contribution in [0.2, 0.25) is 0 Å². The van der Waals surface area contributed by atoms with Crippen molar-refractivity contribution >= 4 is 11.6 Å². The first kappa shape index (κ1) is 7.88. The quantitative estimate of drug-likeness (QED) is 0.554. The highest BCUT2D eigenvalue weighted by Gasteiger charge is 2.33. The topological polar surface area (TPSA) is 12.0 Å². The summed E-state index contributed by atoms with van der Waals surface area (Å²) in [5.41, 5.74) is 0. The predicted octanol–water partition coefficient (Wildman–Crippen LogP) is 2.15. The van der Waals surface area contributed by atoms with Crippen LogP contribution in [0.3, 0.4) is 0 Å². The van der Waals surface area contributed by atoms with Gasteiger partial charge in [-0.3, -0.25) is 0 Å². The molecule has 1 aliphatic carbocycles. The average Bonchev–Trinajstić information content (AvgIpc) is 2.06. The van der Waals surface area contributed by atoms with Crippen LogP contribution < -0.4 is 5.32 Å². The van der Waals surface area contributed by atoms with E-state index >= 15 is 0 Å². The number of rotatable bonds is 0. The van der Waals surface area contributed by atoms with E-state index in [2.05, 4.69) is 5.32 Å². The summed E-state index contributed by atoms with van der Waals surface area (Å²) in [6.45, 7) is 1.13. The third kappa shape index (κ3) is 1.54. The molecular weight excluding hydrogens is 158 g/mol. The Morgan fingerprint density at radius 1 is 1.09 bits per heavy atom. The third-order valence-corrected chi connectivity index (χ3v) is 3.65. The Balaban J connectivity index is 1.99. The monoisotopic (exact) mass is 173 g/mol. The van der Waals surface area contributed by atoms with Gasteiger partial charge < -0.3 is 5.32 Å². The molecule has 1 nitrogen and oxygen atoms in total. The molecule has 2 aliphatic rings. The molecule has 64 valence electrons. The lowest BCUT2D eigenvalue weighted by Gasteiger charge is -2.39. The Morgan fingerprint density at radius 2 is 1.91 bits per heavy atom. The maximum absolute atomic E-state index is 6.25. The highest BCUT2D eigenvalue weighted by molar-refractivity contribution is 6.20. The lowest BCUT2D eigenvalue weighted by atomic mass is 9.79. The maximum Gasteiger partial charge on any atom is 0.0391 e. The smallest absolute Gasteiger partial charge is 0.0391 e. The van der Waals surface area contributed by atoms with Gasteiger partial charge in [0.2, 0.25) is 0 Å². The number of hydrogen-bond acceptors (Lipinski definition) is 1. The zero-order valence-electron chi connectivity index (χ0n) is 6.85. The molecule has 2 fully saturated rings. The first-order chi connectivity index (χ1) is 5.38. The molecule has 11 heavy (non-hydrogen) atoms. The summed E-state index contributed by atoms with van der Waals surface area (Å²) in [6.07, 6.45) is 6.67. The van der Waals surface area contributed by atoms with Crippen molar-refractivity contribution in [3.63, 3.8) is 0 Å². The summed E-state index contributed by atoms with van der Waals surface area (Å²) < 4.78 is 0. The number of piperidine rings is 1. The van der Waals surface area contributed by atoms with Crippen LogP contribution in [0.5, 0.6) is 0 Å². The molecule has 0 spiro atoms. The van der Waals surface area contributed by atoms with Gasteiger partial charge in [-0.25, -0.2) is 0 Å². The van der Waals surface area contributed by atoms with Crippen molar-refractivity contribution in [1.82, 2.24) is 5.32 Å². The van der Waals surface area contributed by atoms with Crippen molar-refractivity contribution in [2.75, 3.05) is 6.54 Å². The zero-order valence-corrected chi connectivity index (χ0v) is 7.61. The molecule has 0 unspecified atom stereocenters. The maximum atomic E-state index is 6.25. The van der Waals surface area contributed by atoms with Crippen molar-refractivity contribution in [3.8, 4) is 0 Å². The molecule has 1 N–H and O–H groups in total. The Hall–Kier alpha value is 0.250. The minimum atomic E-state index is 0.460. The molecule has 0 bridgehead atoms. The molecule has 2 heteroatoms. The molecular formula is C9H16ClN. The second-order valence-electron chi connectivity index (χ2n) is 3.81. The summed E-state index contributed by atoms with van der Waals surface area (Å²) in [4.78, 5) is 0. The van der Waals surface area contributed by atoms with Crippen LogP contribution in [-0.2, 0) is 0 Å². The van der Waals surface area contributed by atoms with E-state index in [9.17, 15) is 0 Å². The Bertz CT molecular complexity index is 136. The highest BCUT2D eigenvalue weighted by atomic mass is 35.5. The lowest BCUT2D eigenvalue weighted by Crippen LogP contribution is -2.48. The molecule has 0 radical (unpaired) electrons. The van der Waals surface area contributed by atoms with Crippen LogP contribution in [0.25, 0.3) is 0 Å². The van der Waals surface area contributed by atoms with E-state index in [1.807, 2.05) is 0 Å². The summed E-state index contributed by atoms with van der Waals surface area (Å²) in [7, 11) is 0. The van der Waals surface area contributed by atoms with Crippen LogP contribution in [0.1, 0.15) is 32.1 Å². The van der Waals surface area contributed by atoms with Gasteiger partial charge in [0.05, 0.1) is 0 Å². The SMILES string of the molecule is Cl[C@H]1CCN[C@H]2CCCC[C@H]21. The summed E-state index contributed by atoms with van der Waals surface area (Å²) in [5.74, 6) is 0.777. The minimum Gasteiger partial charge on any atom is -0.314 e. The molecule has 0 aromatic rings. The lowest BCUT2D eigenvalue weighted by molar-refractivity contribution is 0.216. The number of hydrogen-bond donors (Lipinski definition) is 1. The van der Waals surface area contributed by atoms with E-state index in [1.54, 1.807) is 0 Å². The van der Waals surface area contributed by atoms with Crippen LogP contribution in [0, 0.1) is 5.92 Å². The third-order valence-electron chi connectivity index (χ3n) is 3.11. The van der Waals surface area contributed by atoms with E-state index < -0.39 is 0 Å². The number of nitrogens with one attached hydrogen (secondary N) is 1. The van der Waals surface area contributed by atoms with E-state index in [0.29, 0.717) is 5.38 Å². The molecule has 1 saturated carbocycles. The molecule has 1 aliphatic heterocycles. The van der Waals surface area contributed by atoms with Crippen molar-refractivity contribution in [2.24, 2.45) is 5.92 Å². The van der Waals surface area contributed by atoms with Gasteiger partial charge in [0.1, 0.15) is 0 Å². The van der Waals surface area contributed by atoms with E-state index in [4.69, 9.17) is 11.6 Å². The Kier molecular flexibility index (Phi) is 2.38. The van der Waals surface area contributed by atoms with Crippen LogP contribution in [-0.4, -0.2) is 18.0 Å². The molecule has 0 aromatic carbocycles. The minimum absolute atomic E-state index is 0.460. The molecule has 0 amide bonds. The van der Waals surface area contributed by atoms with Crippen molar-refractivity contribution in [2.45, 2.75) is 43.5 Å². The van der Waals surface area contributed by atoms with Crippen LogP contribution >= 0.6 is 11.6 Å². The number of halogens is 1. The van der Waals surface area contributed by atoms with Crippen LogP contribution in [0.15, 0.2) is 0 Å². The number of fused-ring (bicyclic) bond motifs is 1. The van der Waals surface area contributed by atoms with E-state index in [-0.39, 0.29) is 0 Å². The fourth-order valence-electron chi connectivity index (χ4n) is 2.47. The van der Waals surface area contributed by atoms with Gasteiger partial charge >= 0.3 is 0 Å². The predicted molar refractivity (Wildman–Crippen MR) is 48.0 cm³/mol. The average molecular weight is 174 g/mol. The fraction of sp³-hybridized carbons (Fsp3) is 1.00. The molecule has 3 atom stereocenters.